The molecule has 1 saturated heterocycles. The minimum Gasteiger partial charge on any atom is -0.383 e. The number of hydrogen-bond donors (Lipinski definition) is 1. The van der Waals surface area contributed by atoms with Crippen LogP contribution in [0, 0.1) is 12.8 Å². The molecule has 0 bridgehead atoms. The number of carbonyl (C=O) groups is 1. The van der Waals surface area contributed by atoms with Crippen LogP contribution >= 0.6 is 0 Å². The van der Waals surface area contributed by atoms with Crippen LogP contribution < -0.4 is 5.32 Å². The van der Waals surface area contributed by atoms with Crippen molar-refractivity contribution in [3.8, 4) is 0 Å². The molecule has 0 spiro atoms. The van der Waals surface area contributed by atoms with Gasteiger partial charge in [-0.3, -0.25) is 9.69 Å². The molecule has 1 aromatic rings. The zero-order valence-electron chi connectivity index (χ0n) is 16.1. The fraction of sp³-hybridized carbons (Fsp3) is 0.650. The van der Waals surface area contributed by atoms with E-state index >= 15 is 0 Å². The van der Waals surface area contributed by atoms with Gasteiger partial charge in [-0.15, -0.1) is 0 Å². The number of rotatable bonds is 8. The fourth-order valence-corrected chi connectivity index (χ4v) is 3.41. The Labute approximate surface area is 152 Å². The molecule has 1 amide bonds. The molecule has 140 valence electrons. The Morgan fingerprint density at radius 2 is 1.92 bits per heavy atom. The Bertz CT molecular complexity index is 522. The maximum atomic E-state index is 12.7. The maximum Gasteiger partial charge on any atom is 0.241 e. The van der Waals surface area contributed by atoms with E-state index in [4.69, 9.17) is 4.74 Å². The van der Waals surface area contributed by atoms with E-state index < -0.39 is 0 Å². The molecule has 0 saturated carbocycles. The van der Waals surface area contributed by atoms with Gasteiger partial charge in [0, 0.05) is 20.2 Å². The molecule has 1 aliphatic heterocycles. The number of nitrogens with zero attached hydrogens (tertiary/aromatic N) is 2. The Morgan fingerprint density at radius 3 is 2.48 bits per heavy atom. The lowest BCUT2D eigenvalue weighted by Gasteiger charge is -2.32. The first kappa shape index (κ1) is 19.9. The number of carbonyl (C=O) groups excluding carboxylic acids is 1. The third-order valence-corrected chi connectivity index (χ3v) is 5.04. The van der Waals surface area contributed by atoms with Gasteiger partial charge < -0.3 is 15.0 Å². The van der Waals surface area contributed by atoms with Gasteiger partial charge in [-0.2, -0.15) is 0 Å². The van der Waals surface area contributed by atoms with Gasteiger partial charge in [-0.05, 0) is 58.4 Å². The molecule has 5 heteroatoms. The first-order chi connectivity index (χ1) is 12.0. The highest BCUT2D eigenvalue weighted by atomic mass is 16.5. The van der Waals surface area contributed by atoms with Crippen LogP contribution in [0.4, 0.5) is 0 Å². The van der Waals surface area contributed by atoms with Crippen molar-refractivity contribution in [3.63, 3.8) is 0 Å². The number of nitrogens with one attached hydrogen (secondary N) is 1. The molecular formula is C20H33N3O2. The van der Waals surface area contributed by atoms with Crippen LogP contribution in [0.3, 0.4) is 0 Å². The topological polar surface area (TPSA) is 44.8 Å². The second-order valence-electron chi connectivity index (χ2n) is 7.30. The predicted octanol–water partition coefficient (Wildman–Crippen LogP) is 2.07. The summed E-state index contributed by atoms with van der Waals surface area (Å²) in [6.45, 7) is 6.83. The van der Waals surface area contributed by atoms with Gasteiger partial charge in [0.1, 0.15) is 6.04 Å². The first-order valence-electron chi connectivity index (χ1n) is 9.23. The zero-order chi connectivity index (χ0) is 18.2. The third kappa shape index (κ3) is 6.10. The number of piperidine rings is 1. The molecule has 1 heterocycles. The highest BCUT2D eigenvalue weighted by Gasteiger charge is 2.25. The smallest absolute Gasteiger partial charge is 0.241 e. The van der Waals surface area contributed by atoms with Crippen molar-refractivity contribution in [2.24, 2.45) is 5.92 Å². The lowest BCUT2D eigenvalue weighted by molar-refractivity contribution is -0.126. The predicted molar refractivity (Wildman–Crippen MR) is 102 cm³/mol. The molecule has 1 aliphatic rings. The number of amides is 1. The number of aryl methyl sites for hydroxylation is 1. The average Bonchev–Trinajstić information content (AvgIpc) is 2.60. The Morgan fingerprint density at radius 1 is 1.28 bits per heavy atom. The van der Waals surface area contributed by atoms with Gasteiger partial charge in [0.15, 0.2) is 0 Å². The number of benzene rings is 1. The Kier molecular flexibility index (Phi) is 7.88. The standard InChI is InChI=1S/C20H33N3O2/c1-16-5-7-18(8-6-16)19(22(2)3)20(24)21-15-17-9-11-23(12-10-17)13-14-25-4/h5-8,17,19H,9-15H2,1-4H3,(H,21,24). The number of ether oxygens (including phenoxy) is 1. The molecular weight excluding hydrogens is 314 g/mol. The van der Waals surface area contributed by atoms with Crippen molar-refractivity contribution in [2.75, 3.05) is 54.0 Å². The SMILES string of the molecule is COCCN1CCC(CNC(=O)C(c2ccc(C)cc2)N(C)C)CC1. The van der Waals surface area contributed by atoms with E-state index in [0.717, 1.165) is 51.2 Å². The van der Waals surface area contributed by atoms with E-state index in [0.29, 0.717) is 5.92 Å². The summed E-state index contributed by atoms with van der Waals surface area (Å²) in [6, 6.07) is 7.99. The highest BCUT2D eigenvalue weighted by Crippen LogP contribution is 2.20. The van der Waals surface area contributed by atoms with Crippen molar-refractivity contribution in [1.82, 2.24) is 15.1 Å². The van der Waals surface area contributed by atoms with Crippen molar-refractivity contribution >= 4 is 5.91 Å². The number of methoxy groups -OCH3 is 1. The Hall–Kier alpha value is -1.43. The molecule has 5 nitrogen and oxygen atoms in total. The summed E-state index contributed by atoms with van der Waals surface area (Å²) < 4.78 is 5.15. The normalized spacial score (nSPS) is 17.6. The Balaban J connectivity index is 1.83. The first-order valence-corrected chi connectivity index (χ1v) is 9.23. The summed E-state index contributed by atoms with van der Waals surface area (Å²) in [5.41, 5.74) is 2.25. The summed E-state index contributed by atoms with van der Waals surface area (Å²) in [5.74, 6) is 0.666. The summed E-state index contributed by atoms with van der Waals surface area (Å²) in [4.78, 5) is 17.2. The van der Waals surface area contributed by atoms with Gasteiger partial charge >= 0.3 is 0 Å². The third-order valence-electron chi connectivity index (χ3n) is 5.04. The van der Waals surface area contributed by atoms with Crippen LogP contribution in [0.5, 0.6) is 0 Å². The van der Waals surface area contributed by atoms with Gasteiger partial charge in [0.2, 0.25) is 5.91 Å². The zero-order valence-corrected chi connectivity index (χ0v) is 16.1. The summed E-state index contributed by atoms with van der Waals surface area (Å²) >= 11 is 0. The number of hydrogen-bond acceptors (Lipinski definition) is 4. The second kappa shape index (κ2) is 9.90. The van der Waals surface area contributed by atoms with Gasteiger partial charge in [0.25, 0.3) is 0 Å². The van der Waals surface area contributed by atoms with E-state index in [1.54, 1.807) is 7.11 Å². The summed E-state index contributed by atoms with van der Waals surface area (Å²) in [7, 11) is 5.66. The number of likely N-dealkylation sites (N-methyl/N-ethyl adjacent to an activating group) is 1. The molecule has 1 aromatic carbocycles. The van der Waals surface area contributed by atoms with Crippen LogP contribution in [0.15, 0.2) is 24.3 Å². The van der Waals surface area contributed by atoms with Crippen molar-refractivity contribution in [2.45, 2.75) is 25.8 Å². The van der Waals surface area contributed by atoms with Crippen molar-refractivity contribution in [3.05, 3.63) is 35.4 Å². The van der Waals surface area contributed by atoms with Crippen molar-refractivity contribution < 1.29 is 9.53 Å². The molecule has 25 heavy (non-hydrogen) atoms. The lowest BCUT2D eigenvalue weighted by atomic mass is 9.96. The molecule has 1 fully saturated rings. The quantitative estimate of drug-likeness (QED) is 0.782. The van der Waals surface area contributed by atoms with Crippen molar-refractivity contribution in [1.29, 1.82) is 0 Å². The van der Waals surface area contributed by atoms with Crippen LogP contribution in [-0.2, 0) is 9.53 Å². The van der Waals surface area contributed by atoms with E-state index in [1.807, 2.05) is 31.1 Å². The lowest BCUT2D eigenvalue weighted by Crippen LogP contribution is -2.42. The molecule has 0 radical (unpaired) electrons. The van der Waals surface area contributed by atoms with E-state index in [9.17, 15) is 4.79 Å². The van der Waals surface area contributed by atoms with E-state index in [-0.39, 0.29) is 11.9 Å². The van der Waals surface area contributed by atoms with Crippen LogP contribution in [0.25, 0.3) is 0 Å². The van der Waals surface area contributed by atoms with Gasteiger partial charge in [0.05, 0.1) is 6.61 Å². The molecule has 1 atom stereocenters. The van der Waals surface area contributed by atoms with Crippen LogP contribution in [0.2, 0.25) is 0 Å². The molecule has 2 rings (SSSR count). The summed E-state index contributed by atoms with van der Waals surface area (Å²) in [6.07, 6.45) is 2.28. The minimum absolute atomic E-state index is 0.0932. The second-order valence-corrected chi connectivity index (χ2v) is 7.30. The maximum absolute atomic E-state index is 12.7. The molecule has 1 unspecified atom stereocenters. The summed E-state index contributed by atoms with van der Waals surface area (Å²) in [5, 5.41) is 3.18. The molecule has 0 aromatic heterocycles. The average molecular weight is 348 g/mol. The van der Waals surface area contributed by atoms with E-state index in [2.05, 4.69) is 29.3 Å². The molecule has 0 aliphatic carbocycles. The van der Waals surface area contributed by atoms with Crippen LogP contribution in [-0.4, -0.2) is 69.7 Å². The van der Waals surface area contributed by atoms with E-state index in [1.165, 1.54) is 5.56 Å². The van der Waals surface area contributed by atoms with Crippen LogP contribution in [0.1, 0.15) is 30.0 Å². The van der Waals surface area contributed by atoms with Gasteiger partial charge in [-0.1, -0.05) is 29.8 Å². The monoisotopic (exact) mass is 347 g/mol. The highest BCUT2D eigenvalue weighted by molar-refractivity contribution is 5.83. The molecule has 1 N–H and O–H groups in total. The fourth-order valence-electron chi connectivity index (χ4n) is 3.41. The largest absolute Gasteiger partial charge is 0.383 e. The van der Waals surface area contributed by atoms with Gasteiger partial charge in [-0.25, -0.2) is 0 Å². The number of likely N-dealkylation sites (tertiary alicyclic amines) is 1. The minimum atomic E-state index is -0.234.